The number of rotatable bonds is 2. The Morgan fingerprint density at radius 3 is 2.83 bits per heavy atom. The zero-order chi connectivity index (χ0) is 16.6. The summed E-state index contributed by atoms with van der Waals surface area (Å²) in [5.41, 5.74) is 0.596. The summed E-state index contributed by atoms with van der Waals surface area (Å²) < 4.78 is 39.9. The van der Waals surface area contributed by atoms with E-state index in [0.717, 1.165) is 4.68 Å². The van der Waals surface area contributed by atoms with Crippen molar-refractivity contribution in [3.05, 3.63) is 42.1 Å². The van der Waals surface area contributed by atoms with Gasteiger partial charge in [-0.05, 0) is 24.1 Å². The van der Waals surface area contributed by atoms with Crippen LogP contribution in [0.15, 0.2) is 36.5 Å². The zero-order valence-electron chi connectivity index (χ0n) is 12.0. The average Bonchev–Trinajstić information content (AvgIpc) is 2.94. The average molecular weight is 325 g/mol. The number of carbonyl (C=O) groups is 1. The number of anilines is 1. The molecule has 1 N–H and O–H groups in total. The second kappa shape index (κ2) is 5.60. The van der Waals surface area contributed by atoms with Gasteiger partial charge in [0.25, 0.3) is 0 Å². The summed E-state index contributed by atoms with van der Waals surface area (Å²) in [4.78, 5) is 13.7. The molecule has 8 heteroatoms. The summed E-state index contributed by atoms with van der Waals surface area (Å²) in [6, 6.07) is 5.92. The van der Waals surface area contributed by atoms with Crippen LogP contribution >= 0.6 is 0 Å². The van der Waals surface area contributed by atoms with E-state index in [1.54, 1.807) is 12.1 Å². The Balaban J connectivity index is 1.83. The second-order valence-corrected chi connectivity index (χ2v) is 5.37. The number of halogens is 3. The first-order valence-electron chi connectivity index (χ1n) is 7.05. The van der Waals surface area contributed by atoms with Crippen molar-refractivity contribution in [3.8, 4) is 5.75 Å². The first-order valence-corrected chi connectivity index (χ1v) is 7.05. The maximum atomic E-state index is 13.0. The minimum Gasteiger partial charge on any atom is -0.508 e. The largest absolute Gasteiger partial charge is 0.508 e. The predicted molar refractivity (Wildman–Crippen MR) is 76.1 cm³/mol. The molecule has 0 saturated heterocycles. The Bertz CT molecular complexity index is 727. The number of hydrogen-bond donors (Lipinski definition) is 1. The van der Waals surface area contributed by atoms with Gasteiger partial charge in [-0.2, -0.15) is 18.3 Å². The molecule has 2 heterocycles. The number of nitrogens with zero attached hydrogens (tertiary/aromatic N) is 3. The van der Waals surface area contributed by atoms with Gasteiger partial charge in [0.05, 0.1) is 12.6 Å². The van der Waals surface area contributed by atoms with Crippen molar-refractivity contribution in [1.29, 1.82) is 0 Å². The molecule has 0 saturated carbocycles. The number of carbonyl (C=O) groups excluding carboxylic acids is 1. The van der Waals surface area contributed by atoms with Gasteiger partial charge in [-0.1, -0.05) is 12.1 Å². The Hall–Kier alpha value is -2.51. The maximum absolute atomic E-state index is 13.0. The Kier molecular flexibility index (Phi) is 3.75. The third-order valence-corrected chi connectivity index (χ3v) is 3.79. The number of aromatic hydroxyl groups is 1. The van der Waals surface area contributed by atoms with E-state index in [1.165, 1.54) is 29.3 Å². The van der Waals surface area contributed by atoms with Crippen LogP contribution in [0.25, 0.3) is 0 Å². The van der Waals surface area contributed by atoms with Crippen LogP contribution in [0.2, 0.25) is 0 Å². The van der Waals surface area contributed by atoms with Gasteiger partial charge in [0.1, 0.15) is 11.6 Å². The summed E-state index contributed by atoms with van der Waals surface area (Å²) >= 11 is 0. The molecule has 1 aliphatic heterocycles. The van der Waals surface area contributed by atoms with Gasteiger partial charge in [-0.15, -0.1) is 0 Å². The van der Waals surface area contributed by atoms with E-state index in [0.29, 0.717) is 5.56 Å². The van der Waals surface area contributed by atoms with Crippen molar-refractivity contribution in [3.63, 3.8) is 0 Å². The monoisotopic (exact) mass is 325 g/mol. The smallest absolute Gasteiger partial charge is 0.410 e. The molecule has 1 unspecified atom stereocenters. The van der Waals surface area contributed by atoms with E-state index in [9.17, 15) is 23.1 Å². The topological polar surface area (TPSA) is 58.4 Å². The molecule has 1 aliphatic rings. The predicted octanol–water partition coefficient (Wildman–Crippen LogP) is 2.67. The second-order valence-electron chi connectivity index (χ2n) is 5.37. The van der Waals surface area contributed by atoms with E-state index >= 15 is 0 Å². The number of alkyl halides is 3. The lowest BCUT2D eigenvalue weighted by Gasteiger charge is -2.33. The number of aromatic nitrogens is 2. The van der Waals surface area contributed by atoms with Crippen LogP contribution in [0.3, 0.4) is 0 Å². The van der Waals surface area contributed by atoms with E-state index in [2.05, 4.69) is 5.10 Å². The quantitative estimate of drug-likeness (QED) is 0.923. The van der Waals surface area contributed by atoms with E-state index in [-0.39, 0.29) is 36.9 Å². The van der Waals surface area contributed by atoms with Crippen LogP contribution in [0.5, 0.6) is 5.75 Å². The van der Waals surface area contributed by atoms with Gasteiger partial charge < -0.3 is 5.11 Å². The molecule has 1 atom stereocenters. The molecule has 0 spiro atoms. The van der Waals surface area contributed by atoms with E-state index in [4.69, 9.17) is 0 Å². The lowest BCUT2D eigenvalue weighted by atomic mass is 10.1. The SMILES string of the molecule is O=C(Cc1cccc(O)c1)N1CCC(C(F)(F)F)n2nccc21. The molecule has 1 aromatic carbocycles. The zero-order valence-corrected chi connectivity index (χ0v) is 12.0. The minimum atomic E-state index is -4.40. The molecule has 0 aliphatic carbocycles. The molecule has 5 nitrogen and oxygen atoms in total. The van der Waals surface area contributed by atoms with Crippen LogP contribution in [0.4, 0.5) is 19.0 Å². The summed E-state index contributed by atoms with van der Waals surface area (Å²) in [5.74, 6) is -0.155. The van der Waals surface area contributed by atoms with Crippen LogP contribution < -0.4 is 4.90 Å². The highest BCUT2D eigenvalue weighted by Gasteiger charge is 2.45. The summed E-state index contributed by atoms with van der Waals surface area (Å²) in [7, 11) is 0. The van der Waals surface area contributed by atoms with Crippen molar-refractivity contribution < 1.29 is 23.1 Å². The Morgan fingerprint density at radius 1 is 1.35 bits per heavy atom. The van der Waals surface area contributed by atoms with Gasteiger partial charge in [-0.25, -0.2) is 4.68 Å². The van der Waals surface area contributed by atoms with E-state index in [1.807, 2.05) is 0 Å². The number of hydrogen-bond acceptors (Lipinski definition) is 3. The van der Waals surface area contributed by atoms with Crippen LogP contribution in [-0.2, 0) is 11.2 Å². The van der Waals surface area contributed by atoms with Crippen molar-refractivity contribution in [2.24, 2.45) is 0 Å². The lowest BCUT2D eigenvalue weighted by Crippen LogP contribution is -2.43. The van der Waals surface area contributed by atoms with Gasteiger partial charge in [0.2, 0.25) is 5.91 Å². The molecule has 122 valence electrons. The summed E-state index contributed by atoms with van der Waals surface area (Å²) in [5, 5.41) is 13.1. The van der Waals surface area contributed by atoms with Gasteiger partial charge in [0.15, 0.2) is 6.04 Å². The van der Waals surface area contributed by atoms with Crippen molar-refractivity contribution in [2.75, 3.05) is 11.4 Å². The maximum Gasteiger partial charge on any atom is 0.410 e. The Morgan fingerprint density at radius 2 is 2.13 bits per heavy atom. The van der Waals surface area contributed by atoms with Gasteiger partial charge in [-0.3, -0.25) is 9.69 Å². The van der Waals surface area contributed by atoms with Crippen LogP contribution in [0.1, 0.15) is 18.0 Å². The minimum absolute atomic E-state index is 0.00371. The van der Waals surface area contributed by atoms with E-state index < -0.39 is 12.2 Å². The summed E-state index contributed by atoms with van der Waals surface area (Å²) in [6.45, 7) is -0.0203. The molecular weight excluding hydrogens is 311 g/mol. The van der Waals surface area contributed by atoms with Crippen LogP contribution in [0, 0.1) is 0 Å². The molecule has 3 rings (SSSR count). The fourth-order valence-electron chi connectivity index (χ4n) is 2.74. The first-order chi connectivity index (χ1) is 10.9. The molecule has 23 heavy (non-hydrogen) atoms. The Labute approximate surface area is 129 Å². The van der Waals surface area contributed by atoms with Crippen LogP contribution in [-0.4, -0.2) is 33.5 Å². The highest BCUT2D eigenvalue weighted by molar-refractivity contribution is 5.94. The third-order valence-electron chi connectivity index (χ3n) is 3.79. The van der Waals surface area contributed by atoms with Crippen molar-refractivity contribution in [1.82, 2.24) is 9.78 Å². The molecule has 0 fully saturated rings. The normalized spacial score (nSPS) is 17.9. The molecule has 0 bridgehead atoms. The number of benzene rings is 1. The van der Waals surface area contributed by atoms with Crippen molar-refractivity contribution >= 4 is 11.7 Å². The van der Waals surface area contributed by atoms with Gasteiger partial charge in [0, 0.05) is 12.6 Å². The van der Waals surface area contributed by atoms with Gasteiger partial charge >= 0.3 is 6.18 Å². The fourth-order valence-corrected chi connectivity index (χ4v) is 2.74. The molecule has 1 amide bonds. The van der Waals surface area contributed by atoms with Crippen molar-refractivity contribution in [2.45, 2.75) is 25.1 Å². The molecule has 1 aromatic heterocycles. The highest BCUT2D eigenvalue weighted by atomic mass is 19.4. The molecule has 2 aromatic rings. The first kappa shape index (κ1) is 15.4. The number of phenolic OH excluding ortho intramolecular Hbond substituents is 1. The number of fused-ring (bicyclic) bond motifs is 1. The molecule has 0 radical (unpaired) electrons. The number of amides is 1. The lowest BCUT2D eigenvalue weighted by molar-refractivity contribution is -0.172. The third kappa shape index (κ3) is 3.01. The summed E-state index contributed by atoms with van der Waals surface area (Å²) in [6.07, 6.45) is -3.38. The molecular formula is C15H14F3N3O2. The fraction of sp³-hybridized carbons (Fsp3) is 0.333. The number of phenols is 1. The standard InChI is InChI=1S/C15H14F3N3O2/c16-15(17,18)12-5-7-20(13-4-6-19-21(12)13)14(23)9-10-2-1-3-11(22)8-10/h1-4,6,8,12,22H,5,7,9H2. The highest BCUT2D eigenvalue weighted by Crippen LogP contribution is 2.39.